The van der Waals surface area contributed by atoms with Gasteiger partial charge in [-0.15, -0.1) is 0 Å². The Kier molecular flexibility index (Phi) is 3.13. The molecule has 3 aliphatic heterocycles. The fraction of sp³-hybridized carbons (Fsp3) is 0.667. The second kappa shape index (κ2) is 4.98. The van der Waals surface area contributed by atoms with E-state index in [2.05, 4.69) is 6.07 Å². The molecule has 0 aliphatic carbocycles. The molecule has 4 heterocycles. The number of aromatic nitrogens is 1. The summed E-state index contributed by atoms with van der Waals surface area (Å²) >= 11 is 0. The van der Waals surface area contributed by atoms with Crippen LogP contribution in [0.2, 0.25) is 0 Å². The van der Waals surface area contributed by atoms with Gasteiger partial charge in [-0.25, -0.2) is 4.98 Å². The quantitative estimate of drug-likeness (QED) is 0.818. The molecule has 20 heavy (non-hydrogen) atoms. The van der Waals surface area contributed by atoms with Crippen LogP contribution < -0.4 is 4.74 Å². The zero-order valence-corrected chi connectivity index (χ0v) is 11.5. The molecule has 0 aromatic carbocycles. The summed E-state index contributed by atoms with van der Waals surface area (Å²) in [4.78, 5) is 4.73. The summed E-state index contributed by atoms with van der Waals surface area (Å²) in [5.41, 5.74) is 1.92. The topological polar surface area (TPSA) is 49.8 Å². The van der Waals surface area contributed by atoms with Gasteiger partial charge in [0.25, 0.3) is 0 Å². The molecule has 0 radical (unpaired) electrons. The fourth-order valence-corrected chi connectivity index (χ4v) is 3.18. The molecule has 1 aromatic heterocycles. The minimum atomic E-state index is -0.348. The first-order valence-electron chi connectivity index (χ1n) is 7.32. The van der Waals surface area contributed by atoms with Crippen LogP contribution in [0.15, 0.2) is 12.1 Å². The van der Waals surface area contributed by atoms with Crippen LogP contribution in [0.25, 0.3) is 0 Å². The van der Waals surface area contributed by atoms with E-state index in [4.69, 9.17) is 23.9 Å². The molecule has 2 atom stereocenters. The van der Waals surface area contributed by atoms with Crippen LogP contribution in [0.1, 0.15) is 24.1 Å². The molecule has 1 unspecified atom stereocenters. The van der Waals surface area contributed by atoms with Gasteiger partial charge in [0.1, 0.15) is 11.7 Å². The van der Waals surface area contributed by atoms with Gasteiger partial charge in [-0.3, -0.25) is 0 Å². The highest BCUT2D eigenvalue weighted by molar-refractivity contribution is 5.33. The molecule has 1 spiro atoms. The predicted octanol–water partition coefficient (Wildman–Crippen LogP) is 1.44. The minimum absolute atomic E-state index is 0.126. The monoisotopic (exact) mass is 277 g/mol. The van der Waals surface area contributed by atoms with Gasteiger partial charge in [-0.05, 0) is 12.0 Å². The SMILES string of the molecule is c1cc2c(nc1O[C@H]1CCOC1)C1(CCOC1)OCC2. The van der Waals surface area contributed by atoms with E-state index in [9.17, 15) is 0 Å². The molecule has 108 valence electrons. The highest BCUT2D eigenvalue weighted by atomic mass is 16.6. The Labute approximate surface area is 118 Å². The maximum absolute atomic E-state index is 6.01. The normalized spacial score (nSPS) is 32.5. The first-order chi connectivity index (χ1) is 9.86. The van der Waals surface area contributed by atoms with Crippen LogP contribution in [0.4, 0.5) is 0 Å². The highest BCUT2D eigenvalue weighted by Gasteiger charge is 2.43. The van der Waals surface area contributed by atoms with Gasteiger partial charge in [0, 0.05) is 25.5 Å². The van der Waals surface area contributed by atoms with Crippen molar-refractivity contribution in [2.45, 2.75) is 31.0 Å². The van der Waals surface area contributed by atoms with Crippen molar-refractivity contribution in [3.8, 4) is 5.88 Å². The fourth-order valence-electron chi connectivity index (χ4n) is 3.18. The Balaban J connectivity index is 1.63. The maximum atomic E-state index is 6.01. The number of hydrogen-bond acceptors (Lipinski definition) is 5. The van der Waals surface area contributed by atoms with Gasteiger partial charge >= 0.3 is 0 Å². The predicted molar refractivity (Wildman–Crippen MR) is 70.9 cm³/mol. The zero-order chi connectivity index (χ0) is 13.4. The average molecular weight is 277 g/mol. The van der Waals surface area contributed by atoms with Crippen LogP contribution in [0, 0.1) is 0 Å². The van der Waals surface area contributed by atoms with E-state index in [1.807, 2.05) is 6.07 Å². The van der Waals surface area contributed by atoms with E-state index in [0.717, 1.165) is 44.8 Å². The summed E-state index contributed by atoms with van der Waals surface area (Å²) in [6.45, 7) is 3.51. The standard InChI is InChI=1S/C15H19NO4/c1-2-13(20-12-4-6-17-9-12)16-14-11(1)3-7-19-15(14)5-8-18-10-15/h1-2,12H,3-10H2/t12-,15?/m0/s1. The Morgan fingerprint density at radius 1 is 1.20 bits per heavy atom. The van der Waals surface area contributed by atoms with E-state index < -0.39 is 0 Å². The number of hydrogen-bond donors (Lipinski definition) is 0. The summed E-state index contributed by atoms with van der Waals surface area (Å²) < 4.78 is 22.8. The summed E-state index contributed by atoms with van der Waals surface area (Å²) in [6, 6.07) is 4.09. The van der Waals surface area contributed by atoms with E-state index in [0.29, 0.717) is 19.1 Å². The Morgan fingerprint density at radius 3 is 3.00 bits per heavy atom. The molecule has 0 saturated carbocycles. The minimum Gasteiger partial charge on any atom is -0.472 e. The van der Waals surface area contributed by atoms with Crippen LogP contribution >= 0.6 is 0 Å². The van der Waals surface area contributed by atoms with Crippen molar-refractivity contribution in [2.75, 3.05) is 33.0 Å². The second-order valence-corrected chi connectivity index (χ2v) is 5.66. The van der Waals surface area contributed by atoms with Gasteiger partial charge in [0.15, 0.2) is 0 Å². The Morgan fingerprint density at radius 2 is 2.20 bits per heavy atom. The molecule has 4 rings (SSSR count). The van der Waals surface area contributed by atoms with Crippen molar-refractivity contribution in [1.29, 1.82) is 0 Å². The third kappa shape index (κ3) is 2.10. The van der Waals surface area contributed by atoms with E-state index in [-0.39, 0.29) is 11.7 Å². The lowest BCUT2D eigenvalue weighted by Gasteiger charge is -2.33. The molecule has 0 amide bonds. The zero-order valence-electron chi connectivity index (χ0n) is 11.5. The van der Waals surface area contributed by atoms with E-state index in [1.165, 1.54) is 5.56 Å². The summed E-state index contributed by atoms with van der Waals surface area (Å²) in [5, 5.41) is 0. The van der Waals surface area contributed by atoms with Gasteiger partial charge < -0.3 is 18.9 Å². The molecule has 0 N–H and O–H groups in total. The Hall–Kier alpha value is -1.17. The van der Waals surface area contributed by atoms with Crippen molar-refractivity contribution in [1.82, 2.24) is 4.98 Å². The molecule has 1 aromatic rings. The van der Waals surface area contributed by atoms with Gasteiger partial charge in [-0.1, -0.05) is 6.07 Å². The second-order valence-electron chi connectivity index (χ2n) is 5.66. The number of fused-ring (bicyclic) bond motifs is 2. The molecule has 3 aliphatic rings. The van der Waals surface area contributed by atoms with E-state index >= 15 is 0 Å². The van der Waals surface area contributed by atoms with Gasteiger partial charge in [-0.2, -0.15) is 0 Å². The highest BCUT2D eigenvalue weighted by Crippen LogP contribution is 2.39. The summed E-state index contributed by atoms with van der Waals surface area (Å²) in [5.74, 6) is 0.677. The lowest BCUT2D eigenvalue weighted by molar-refractivity contribution is -0.0669. The summed E-state index contributed by atoms with van der Waals surface area (Å²) in [6.07, 6.45) is 2.85. The molecular formula is C15H19NO4. The largest absolute Gasteiger partial charge is 0.472 e. The maximum Gasteiger partial charge on any atom is 0.213 e. The van der Waals surface area contributed by atoms with Crippen LogP contribution in [-0.2, 0) is 26.2 Å². The number of pyridine rings is 1. The molecule has 5 heteroatoms. The van der Waals surface area contributed by atoms with Crippen LogP contribution in [0.3, 0.4) is 0 Å². The molecule has 5 nitrogen and oxygen atoms in total. The first kappa shape index (κ1) is 12.6. The van der Waals surface area contributed by atoms with Gasteiger partial charge in [0.2, 0.25) is 5.88 Å². The lowest BCUT2D eigenvalue weighted by atomic mass is 9.90. The third-order valence-electron chi connectivity index (χ3n) is 4.30. The van der Waals surface area contributed by atoms with Crippen LogP contribution in [0.5, 0.6) is 5.88 Å². The number of ether oxygens (including phenoxy) is 4. The first-order valence-corrected chi connectivity index (χ1v) is 7.32. The van der Waals surface area contributed by atoms with Crippen molar-refractivity contribution >= 4 is 0 Å². The summed E-state index contributed by atoms with van der Waals surface area (Å²) in [7, 11) is 0. The molecule has 2 fully saturated rings. The van der Waals surface area contributed by atoms with Crippen molar-refractivity contribution in [3.63, 3.8) is 0 Å². The van der Waals surface area contributed by atoms with E-state index in [1.54, 1.807) is 0 Å². The van der Waals surface area contributed by atoms with Crippen molar-refractivity contribution in [2.24, 2.45) is 0 Å². The number of nitrogens with zero attached hydrogens (tertiary/aromatic N) is 1. The molecule has 2 saturated heterocycles. The smallest absolute Gasteiger partial charge is 0.213 e. The molecular weight excluding hydrogens is 258 g/mol. The third-order valence-corrected chi connectivity index (χ3v) is 4.30. The average Bonchev–Trinajstić information content (AvgIpc) is 3.12. The number of rotatable bonds is 2. The van der Waals surface area contributed by atoms with Gasteiger partial charge in [0.05, 0.1) is 32.1 Å². The molecule has 0 bridgehead atoms. The van der Waals surface area contributed by atoms with Crippen LogP contribution in [-0.4, -0.2) is 44.1 Å². The Bertz CT molecular complexity index is 493. The van der Waals surface area contributed by atoms with Crippen molar-refractivity contribution < 1.29 is 18.9 Å². The lowest BCUT2D eigenvalue weighted by Crippen LogP contribution is -2.37. The van der Waals surface area contributed by atoms with Crippen molar-refractivity contribution in [3.05, 3.63) is 23.4 Å².